The van der Waals surface area contributed by atoms with E-state index in [0.717, 1.165) is 25.1 Å². The summed E-state index contributed by atoms with van der Waals surface area (Å²) < 4.78 is 0. The van der Waals surface area contributed by atoms with Gasteiger partial charge in [0.1, 0.15) is 0 Å². The van der Waals surface area contributed by atoms with Crippen LogP contribution in [0, 0.1) is 5.92 Å². The van der Waals surface area contributed by atoms with Gasteiger partial charge in [0.2, 0.25) is 0 Å². The molecule has 2 unspecified atom stereocenters. The van der Waals surface area contributed by atoms with Crippen molar-refractivity contribution in [3.63, 3.8) is 0 Å². The molecule has 1 heterocycles. The molecule has 0 aromatic heterocycles. The van der Waals surface area contributed by atoms with Crippen LogP contribution in [0.5, 0.6) is 0 Å². The number of hydrogen-bond acceptors (Lipinski definition) is 3. The zero-order valence-electron chi connectivity index (χ0n) is 9.03. The van der Waals surface area contributed by atoms with Crippen molar-refractivity contribution in [3.05, 3.63) is 29.8 Å². The summed E-state index contributed by atoms with van der Waals surface area (Å²) in [5.41, 5.74) is 6.59. The molecule has 0 aliphatic carbocycles. The van der Waals surface area contributed by atoms with E-state index in [9.17, 15) is 5.11 Å². The molecule has 3 heteroatoms. The zero-order chi connectivity index (χ0) is 10.9. The Bertz CT molecular complexity index is 343. The predicted molar refractivity (Wildman–Crippen MR) is 61.4 cm³/mol. The lowest BCUT2D eigenvalue weighted by Crippen LogP contribution is -2.34. The Kier molecular flexibility index (Phi) is 2.67. The van der Waals surface area contributed by atoms with Gasteiger partial charge in [0.05, 0.1) is 5.60 Å². The Morgan fingerprint density at radius 2 is 2.20 bits per heavy atom. The fourth-order valence-corrected chi connectivity index (χ4v) is 2.31. The first-order valence-electron chi connectivity index (χ1n) is 5.40. The predicted octanol–water partition coefficient (Wildman–Crippen LogP) is 1.09. The number of benzene rings is 1. The molecule has 2 atom stereocenters. The number of para-hydroxylation sites is 1. The number of hydrogen-bond donors (Lipinski definition) is 3. The average molecular weight is 206 g/mol. The van der Waals surface area contributed by atoms with Gasteiger partial charge in [-0.1, -0.05) is 18.2 Å². The van der Waals surface area contributed by atoms with Gasteiger partial charge in [0, 0.05) is 23.7 Å². The second-order valence-corrected chi connectivity index (χ2v) is 4.42. The SMILES string of the molecule is CC(O)(c1ccccc1N)C1CCNC1. The fraction of sp³-hybridized carbons (Fsp3) is 0.500. The summed E-state index contributed by atoms with van der Waals surface area (Å²) in [4.78, 5) is 0. The van der Waals surface area contributed by atoms with Crippen LogP contribution in [0.4, 0.5) is 5.69 Å². The van der Waals surface area contributed by atoms with Crippen LogP contribution in [0.1, 0.15) is 18.9 Å². The van der Waals surface area contributed by atoms with Gasteiger partial charge >= 0.3 is 0 Å². The second kappa shape index (κ2) is 3.83. The molecule has 15 heavy (non-hydrogen) atoms. The standard InChI is InChI=1S/C12H18N2O/c1-12(15,9-6-7-14-8-9)10-4-2-3-5-11(10)13/h2-5,9,14-15H,6-8,13H2,1H3. The molecular formula is C12H18N2O. The Labute approximate surface area is 90.3 Å². The van der Waals surface area contributed by atoms with E-state index in [1.165, 1.54) is 0 Å². The first-order valence-corrected chi connectivity index (χ1v) is 5.40. The molecular weight excluding hydrogens is 188 g/mol. The minimum absolute atomic E-state index is 0.252. The highest BCUT2D eigenvalue weighted by molar-refractivity contribution is 5.49. The molecule has 82 valence electrons. The molecule has 1 aliphatic rings. The highest BCUT2D eigenvalue weighted by Crippen LogP contribution is 2.35. The van der Waals surface area contributed by atoms with Crippen LogP contribution in [-0.4, -0.2) is 18.2 Å². The number of nitrogen functional groups attached to an aromatic ring is 1. The van der Waals surface area contributed by atoms with Crippen LogP contribution < -0.4 is 11.1 Å². The van der Waals surface area contributed by atoms with Crippen LogP contribution in [0.25, 0.3) is 0 Å². The largest absolute Gasteiger partial charge is 0.398 e. The third-order valence-corrected chi connectivity index (χ3v) is 3.36. The molecule has 1 aromatic rings. The van der Waals surface area contributed by atoms with Gasteiger partial charge in [-0.3, -0.25) is 0 Å². The number of aliphatic hydroxyl groups is 1. The molecule has 4 N–H and O–H groups in total. The van der Waals surface area contributed by atoms with E-state index < -0.39 is 5.60 Å². The topological polar surface area (TPSA) is 58.3 Å². The molecule has 3 nitrogen and oxygen atoms in total. The smallest absolute Gasteiger partial charge is 0.0928 e. The van der Waals surface area contributed by atoms with Crippen molar-refractivity contribution in [2.45, 2.75) is 18.9 Å². The van der Waals surface area contributed by atoms with E-state index in [1.54, 1.807) is 0 Å². The number of anilines is 1. The molecule has 0 amide bonds. The third kappa shape index (κ3) is 1.85. The van der Waals surface area contributed by atoms with Gasteiger partial charge in [-0.05, 0) is 26.0 Å². The van der Waals surface area contributed by atoms with Gasteiger partial charge in [0.25, 0.3) is 0 Å². The first kappa shape index (κ1) is 10.5. The Morgan fingerprint density at radius 3 is 2.80 bits per heavy atom. The van der Waals surface area contributed by atoms with Gasteiger partial charge in [-0.25, -0.2) is 0 Å². The maximum Gasteiger partial charge on any atom is 0.0928 e. The van der Waals surface area contributed by atoms with Crippen LogP contribution in [0.3, 0.4) is 0 Å². The maximum atomic E-state index is 10.5. The van der Waals surface area contributed by atoms with Crippen molar-refractivity contribution in [1.29, 1.82) is 0 Å². The van der Waals surface area contributed by atoms with E-state index in [1.807, 2.05) is 31.2 Å². The molecule has 1 saturated heterocycles. The van der Waals surface area contributed by atoms with E-state index in [2.05, 4.69) is 5.32 Å². The minimum Gasteiger partial charge on any atom is -0.398 e. The molecule has 0 radical (unpaired) electrons. The van der Waals surface area contributed by atoms with Crippen molar-refractivity contribution in [2.24, 2.45) is 5.92 Å². The van der Waals surface area contributed by atoms with Crippen molar-refractivity contribution in [1.82, 2.24) is 5.32 Å². The summed E-state index contributed by atoms with van der Waals surface area (Å²) in [5.74, 6) is 0.252. The summed E-state index contributed by atoms with van der Waals surface area (Å²) in [7, 11) is 0. The van der Waals surface area contributed by atoms with Crippen molar-refractivity contribution in [2.75, 3.05) is 18.8 Å². The highest BCUT2D eigenvalue weighted by atomic mass is 16.3. The van der Waals surface area contributed by atoms with Crippen LogP contribution in [-0.2, 0) is 5.60 Å². The van der Waals surface area contributed by atoms with E-state index in [4.69, 9.17) is 5.73 Å². The number of rotatable bonds is 2. The van der Waals surface area contributed by atoms with Crippen molar-refractivity contribution < 1.29 is 5.11 Å². The number of nitrogens with one attached hydrogen (secondary N) is 1. The highest BCUT2D eigenvalue weighted by Gasteiger charge is 2.36. The van der Waals surface area contributed by atoms with Gasteiger partial charge in [0.15, 0.2) is 0 Å². The van der Waals surface area contributed by atoms with Crippen LogP contribution in [0.2, 0.25) is 0 Å². The lowest BCUT2D eigenvalue weighted by molar-refractivity contribution is 0.00289. The minimum atomic E-state index is -0.825. The normalized spacial score (nSPS) is 25.1. The second-order valence-electron chi connectivity index (χ2n) is 4.42. The van der Waals surface area contributed by atoms with Crippen molar-refractivity contribution >= 4 is 5.69 Å². The Morgan fingerprint density at radius 1 is 1.47 bits per heavy atom. The summed E-state index contributed by atoms with van der Waals surface area (Å²) in [6.07, 6.45) is 1.00. The third-order valence-electron chi connectivity index (χ3n) is 3.36. The van der Waals surface area contributed by atoms with Crippen molar-refractivity contribution in [3.8, 4) is 0 Å². The maximum absolute atomic E-state index is 10.5. The fourth-order valence-electron chi connectivity index (χ4n) is 2.31. The summed E-state index contributed by atoms with van der Waals surface area (Å²) in [5, 5.41) is 13.8. The quantitative estimate of drug-likeness (QED) is 0.635. The number of nitrogens with two attached hydrogens (primary N) is 1. The summed E-state index contributed by atoms with van der Waals surface area (Å²) >= 11 is 0. The first-order chi connectivity index (χ1) is 7.12. The lowest BCUT2D eigenvalue weighted by Gasteiger charge is -2.31. The summed E-state index contributed by atoms with van der Waals surface area (Å²) in [6, 6.07) is 7.56. The molecule has 1 fully saturated rings. The van der Waals surface area contributed by atoms with E-state index in [0.29, 0.717) is 5.69 Å². The molecule has 1 aromatic carbocycles. The zero-order valence-corrected chi connectivity index (χ0v) is 9.03. The molecule has 0 spiro atoms. The molecule has 0 saturated carbocycles. The Balaban J connectivity index is 2.31. The lowest BCUT2D eigenvalue weighted by atomic mass is 9.81. The van der Waals surface area contributed by atoms with E-state index >= 15 is 0 Å². The van der Waals surface area contributed by atoms with E-state index in [-0.39, 0.29) is 5.92 Å². The monoisotopic (exact) mass is 206 g/mol. The molecule has 0 bridgehead atoms. The summed E-state index contributed by atoms with van der Waals surface area (Å²) in [6.45, 7) is 3.70. The Hall–Kier alpha value is -1.06. The van der Waals surface area contributed by atoms with Gasteiger partial charge < -0.3 is 16.2 Å². The van der Waals surface area contributed by atoms with Gasteiger partial charge in [-0.15, -0.1) is 0 Å². The molecule has 2 rings (SSSR count). The molecule has 1 aliphatic heterocycles. The van der Waals surface area contributed by atoms with Crippen LogP contribution >= 0.6 is 0 Å². The average Bonchev–Trinajstić information content (AvgIpc) is 2.71. The van der Waals surface area contributed by atoms with Gasteiger partial charge in [-0.2, -0.15) is 0 Å². The van der Waals surface area contributed by atoms with Crippen LogP contribution in [0.15, 0.2) is 24.3 Å².